The second kappa shape index (κ2) is 3.48. The molecule has 0 amide bonds. The summed E-state index contributed by atoms with van der Waals surface area (Å²) in [5, 5.41) is 2.73. The van der Waals surface area contributed by atoms with Crippen molar-refractivity contribution < 1.29 is 0 Å². The Balaban J connectivity index is 2.67. The van der Waals surface area contributed by atoms with Crippen LogP contribution in [0, 0.1) is 0 Å². The first-order valence-electron chi connectivity index (χ1n) is 4.38. The van der Waals surface area contributed by atoms with Crippen molar-refractivity contribution in [3.63, 3.8) is 0 Å². The van der Waals surface area contributed by atoms with Crippen LogP contribution in [0.4, 0.5) is 0 Å². The zero-order chi connectivity index (χ0) is 8.39. The fourth-order valence-electron chi connectivity index (χ4n) is 1.46. The molecule has 1 heteroatoms. The van der Waals surface area contributed by atoms with E-state index >= 15 is 0 Å². The third kappa shape index (κ3) is 1.48. The monoisotopic (exact) mass is 264 g/mol. The Bertz CT molecular complexity index is 393. The third-order valence-electron chi connectivity index (χ3n) is 2.22. The van der Waals surface area contributed by atoms with Crippen molar-refractivity contribution in [2.24, 2.45) is 0 Å². The van der Waals surface area contributed by atoms with Gasteiger partial charge >= 0.3 is 85.8 Å². The molecule has 2 rings (SSSR count). The summed E-state index contributed by atoms with van der Waals surface area (Å²) in [5.41, 5.74) is 1.50. The number of hydrogen-bond donors (Lipinski definition) is 0. The van der Waals surface area contributed by atoms with Crippen LogP contribution in [0.25, 0.3) is 10.8 Å². The molecule has 0 saturated heterocycles. The van der Waals surface area contributed by atoms with Crippen molar-refractivity contribution in [3.05, 3.63) is 48.0 Å². The Kier molecular flexibility index (Phi) is 2.35. The van der Waals surface area contributed by atoms with Gasteiger partial charge in [0.2, 0.25) is 0 Å². The second-order valence-electron chi connectivity index (χ2n) is 3.04. The van der Waals surface area contributed by atoms with Crippen molar-refractivity contribution >= 4 is 33.3 Å². The predicted molar refractivity (Wildman–Crippen MR) is 57.6 cm³/mol. The van der Waals surface area contributed by atoms with Gasteiger partial charge in [-0.05, 0) is 0 Å². The Labute approximate surface area is 85.7 Å². The molecule has 0 radical (unpaired) electrons. The van der Waals surface area contributed by atoms with Crippen LogP contribution in [0.1, 0.15) is 5.56 Å². The van der Waals surface area contributed by atoms with E-state index in [1.54, 1.807) is 0 Å². The molecule has 0 unspecified atom stereocenters. The van der Waals surface area contributed by atoms with Crippen molar-refractivity contribution in [1.29, 1.82) is 0 Å². The molecule has 0 spiro atoms. The summed E-state index contributed by atoms with van der Waals surface area (Å²) < 4.78 is 1.33. The molecule has 12 heavy (non-hydrogen) atoms. The first-order valence-corrected chi connectivity index (χ1v) is 8.41. The van der Waals surface area contributed by atoms with Crippen LogP contribution in [0.3, 0.4) is 0 Å². The van der Waals surface area contributed by atoms with E-state index in [2.05, 4.69) is 42.5 Å². The summed E-state index contributed by atoms with van der Waals surface area (Å²) in [6.45, 7) is 0. The molecule has 0 atom stereocenters. The Morgan fingerprint density at radius 3 is 2.42 bits per heavy atom. The fourth-order valence-corrected chi connectivity index (χ4v) is 2.71. The Morgan fingerprint density at radius 1 is 0.917 bits per heavy atom. The second-order valence-corrected chi connectivity index (χ2v) is 5.05. The van der Waals surface area contributed by atoms with Crippen LogP contribution in [0.5, 0.6) is 0 Å². The molecule has 0 aromatic heterocycles. The first kappa shape index (κ1) is 8.11. The molecule has 0 nitrogen and oxygen atoms in total. The van der Waals surface area contributed by atoms with Gasteiger partial charge in [-0.1, -0.05) is 0 Å². The van der Waals surface area contributed by atoms with Crippen LogP contribution in [-0.2, 0) is 4.44 Å². The van der Waals surface area contributed by atoms with Gasteiger partial charge in [-0.15, -0.1) is 0 Å². The zero-order valence-electron chi connectivity index (χ0n) is 7.25. The average molecular weight is 263 g/mol. The van der Waals surface area contributed by atoms with E-state index < -0.39 is 0 Å². The molecule has 0 aliphatic heterocycles. The summed E-state index contributed by atoms with van der Waals surface area (Å²) in [5.74, 6) is 0. The van der Waals surface area contributed by atoms with Crippen molar-refractivity contribution in [1.82, 2.24) is 0 Å². The van der Waals surface area contributed by atoms with Gasteiger partial charge in [0.25, 0.3) is 0 Å². The van der Waals surface area contributed by atoms with Gasteiger partial charge in [0.1, 0.15) is 0 Å². The van der Waals surface area contributed by atoms with Gasteiger partial charge in [-0.3, -0.25) is 0 Å². The summed E-state index contributed by atoms with van der Waals surface area (Å²) in [7, 11) is 0. The first-order chi connectivity index (χ1) is 5.90. The number of fused-ring (bicyclic) bond motifs is 1. The van der Waals surface area contributed by atoms with E-state index in [1.807, 2.05) is 0 Å². The normalized spacial score (nSPS) is 10.7. The van der Waals surface area contributed by atoms with E-state index in [4.69, 9.17) is 0 Å². The van der Waals surface area contributed by atoms with Gasteiger partial charge in [-0.2, -0.15) is 0 Å². The average Bonchev–Trinajstić information content (AvgIpc) is 2.17. The van der Waals surface area contributed by atoms with Crippen molar-refractivity contribution in [2.75, 3.05) is 0 Å². The van der Waals surface area contributed by atoms with E-state index in [9.17, 15) is 0 Å². The maximum atomic E-state index is 2.31. The maximum absolute atomic E-state index is 2.31. The number of benzene rings is 2. The summed E-state index contributed by atoms with van der Waals surface area (Å²) in [6.07, 6.45) is 0. The molecule has 0 bridgehead atoms. The molecule has 0 aliphatic carbocycles. The number of hydrogen-bond acceptors (Lipinski definition) is 0. The number of rotatable bonds is 1. The third-order valence-corrected chi connectivity index (χ3v) is 4.55. The van der Waals surface area contributed by atoms with E-state index in [0.717, 1.165) is 22.5 Å². The SMILES string of the molecule is [SnH3][CH2]c1ccc2ccccc2c1. The van der Waals surface area contributed by atoms with Gasteiger partial charge in [0.05, 0.1) is 0 Å². The predicted octanol–water partition coefficient (Wildman–Crippen LogP) is 1.71. The molecule has 0 saturated carbocycles. The van der Waals surface area contributed by atoms with Gasteiger partial charge in [0.15, 0.2) is 0 Å². The molecular formula is C11H12Sn. The molecule has 0 fully saturated rings. The van der Waals surface area contributed by atoms with Gasteiger partial charge < -0.3 is 0 Å². The Hall–Kier alpha value is -0.501. The van der Waals surface area contributed by atoms with Crippen LogP contribution in [0.15, 0.2) is 42.5 Å². The fraction of sp³-hybridized carbons (Fsp3) is 0.0909. The van der Waals surface area contributed by atoms with E-state index in [0.29, 0.717) is 0 Å². The molecule has 2 aromatic carbocycles. The minimum atomic E-state index is 0.775. The molecule has 0 heterocycles. The van der Waals surface area contributed by atoms with E-state index in [1.165, 1.54) is 20.8 Å². The summed E-state index contributed by atoms with van der Waals surface area (Å²) in [6, 6.07) is 15.3. The molecule has 2 aromatic rings. The molecule has 0 aliphatic rings. The molecule has 60 valence electrons. The van der Waals surface area contributed by atoms with Crippen molar-refractivity contribution in [3.8, 4) is 0 Å². The standard InChI is InChI=1S/C11H9.Sn.3H/c1-9-6-7-10-4-2-3-5-11(10)8-9;;;;/h2-8H,1H2;;;;. The Morgan fingerprint density at radius 2 is 1.67 bits per heavy atom. The molecule has 0 N–H and O–H groups in total. The van der Waals surface area contributed by atoms with Gasteiger partial charge in [-0.25, -0.2) is 0 Å². The van der Waals surface area contributed by atoms with Gasteiger partial charge in [0, 0.05) is 0 Å². The van der Waals surface area contributed by atoms with Crippen LogP contribution < -0.4 is 0 Å². The summed E-state index contributed by atoms with van der Waals surface area (Å²) >= 11 is 0.775. The van der Waals surface area contributed by atoms with Crippen LogP contribution in [-0.4, -0.2) is 22.5 Å². The zero-order valence-corrected chi connectivity index (χ0v) is 13.0. The topological polar surface area (TPSA) is 0 Å². The van der Waals surface area contributed by atoms with Crippen LogP contribution >= 0.6 is 0 Å². The summed E-state index contributed by atoms with van der Waals surface area (Å²) in [4.78, 5) is 0. The quantitative estimate of drug-likeness (QED) is 0.687. The van der Waals surface area contributed by atoms with E-state index in [-0.39, 0.29) is 0 Å². The van der Waals surface area contributed by atoms with Crippen molar-refractivity contribution in [2.45, 2.75) is 4.44 Å². The minimum absolute atomic E-state index is 0.775. The van der Waals surface area contributed by atoms with Crippen LogP contribution in [0.2, 0.25) is 0 Å². The molecular weight excluding hydrogens is 251 g/mol.